The van der Waals surface area contributed by atoms with E-state index in [1.807, 2.05) is 6.07 Å². The molecule has 0 bridgehead atoms. The maximum atomic E-state index is 12.1. The van der Waals surface area contributed by atoms with E-state index >= 15 is 0 Å². The lowest BCUT2D eigenvalue weighted by Crippen LogP contribution is -2.42. The number of carbonyl (C=O) groups is 1. The van der Waals surface area contributed by atoms with E-state index in [4.69, 9.17) is 0 Å². The Morgan fingerprint density at radius 1 is 1.32 bits per heavy atom. The summed E-state index contributed by atoms with van der Waals surface area (Å²) in [7, 11) is 1.73. The van der Waals surface area contributed by atoms with Gasteiger partial charge in [-0.2, -0.15) is 0 Å². The lowest BCUT2D eigenvalue weighted by molar-refractivity contribution is 0.0838. The van der Waals surface area contributed by atoms with Crippen LogP contribution in [0.15, 0.2) is 36.7 Å². The lowest BCUT2D eigenvalue weighted by Gasteiger charge is -2.30. The molecule has 1 atom stereocenters. The van der Waals surface area contributed by atoms with Gasteiger partial charge in [0.2, 0.25) is 0 Å². The molecule has 0 fully saturated rings. The second-order valence-corrected chi connectivity index (χ2v) is 6.16. The van der Waals surface area contributed by atoms with Crippen LogP contribution in [0.3, 0.4) is 0 Å². The zero-order valence-corrected chi connectivity index (χ0v) is 14.3. The maximum absolute atomic E-state index is 12.1. The fraction of sp³-hybridized carbons (Fsp3) is 0.389. The van der Waals surface area contributed by atoms with Crippen LogP contribution in [0.1, 0.15) is 21.6 Å². The quantitative estimate of drug-likeness (QED) is 0.715. The zero-order chi connectivity index (χ0) is 17.6. The van der Waals surface area contributed by atoms with Gasteiger partial charge in [-0.15, -0.1) is 0 Å². The van der Waals surface area contributed by atoms with Crippen molar-refractivity contribution < 1.29 is 9.90 Å². The number of nitrogens with zero attached hydrogens (tertiary/aromatic N) is 3. The third-order valence-corrected chi connectivity index (χ3v) is 4.33. The van der Waals surface area contributed by atoms with E-state index < -0.39 is 6.10 Å². The summed E-state index contributed by atoms with van der Waals surface area (Å²) in [5.41, 5.74) is 2.97. The van der Waals surface area contributed by atoms with E-state index in [0.717, 1.165) is 19.5 Å². The Kier molecular flexibility index (Phi) is 5.57. The number of hydrogen-bond acceptors (Lipinski definition) is 6. The van der Waals surface area contributed by atoms with Crippen molar-refractivity contribution in [3.05, 3.63) is 53.5 Å². The summed E-state index contributed by atoms with van der Waals surface area (Å²) in [6.07, 6.45) is 1.70. The largest absolute Gasteiger partial charge is 0.390 e. The molecule has 7 nitrogen and oxygen atoms in total. The van der Waals surface area contributed by atoms with Crippen molar-refractivity contribution in [1.82, 2.24) is 20.2 Å². The van der Waals surface area contributed by atoms with Gasteiger partial charge in [0.1, 0.15) is 17.8 Å². The molecule has 3 rings (SSSR count). The number of aromatic nitrogens is 2. The highest BCUT2D eigenvalue weighted by atomic mass is 16.3. The molecule has 1 amide bonds. The molecule has 0 saturated heterocycles. The van der Waals surface area contributed by atoms with Crippen molar-refractivity contribution in [1.29, 1.82) is 0 Å². The van der Waals surface area contributed by atoms with E-state index in [1.165, 1.54) is 17.5 Å². The number of amides is 1. The first-order valence-corrected chi connectivity index (χ1v) is 8.41. The van der Waals surface area contributed by atoms with Gasteiger partial charge in [0.25, 0.3) is 5.91 Å². The molecular weight excluding hydrogens is 318 g/mol. The van der Waals surface area contributed by atoms with Crippen LogP contribution in [-0.2, 0) is 13.0 Å². The topological polar surface area (TPSA) is 90.4 Å². The second kappa shape index (κ2) is 8.04. The minimum atomic E-state index is -0.625. The van der Waals surface area contributed by atoms with Gasteiger partial charge < -0.3 is 15.7 Å². The van der Waals surface area contributed by atoms with E-state index in [0.29, 0.717) is 12.4 Å². The molecule has 0 spiro atoms. The Hall–Kier alpha value is -2.51. The Balaban J connectivity index is 1.48. The van der Waals surface area contributed by atoms with Crippen molar-refractivity contribution in [2.75, 3.05) is 32.0 Å². The Bertz CT molecular complexity index is 737. The fourth-order valence-corrected chi connectivity index (χ4v) is 2.99. The Morgan fingerprint density at radius 3 is 2.92 bits per heavy atom. The average Bonchev–Trinajstić information content (AvgIpc) is 2.66. The fourth-order valence-electron chi connectivity index (χ4n) is 2.99. The number of aliphatic hydroxyl groups excluding tert-OH is 1. The van der Waals surface area contributed by atoms with Crippen molar-refractivity contribution in [3.63, 3.8) is 0 Å². The van der Waals surface area contributed by atoms with Crippen molar-refractivity contribution in [3.8, 4) is 0 Å². The van der Waals surface area contributed by atoms with Gasteiger partial charge in [-0.25, -0.2) is 9.97 Å². The molecule has 2 heterocycles. The van der Waals surface area contributed by atoms with Crippen molar-refractivity contribution >= 4 is 11.7 Å². The van der Waals surface area contributed by atoms with Crippen LogP contribution in [0.2, 0.25) is 0 Å². The summed E-state index contributed by atoms with van der Waals surface area (Å²) >= 11 is 0. The summed E-state index contributed by atoms with van der Waals surface area (Å²) in [5, 5.41) is 15.8. The Morgan fingerprint density at radius 2 is 2.12 bits per heavy atom. The van der Waals surface area contributed by atoms with Crippen molar-refractivity contribution in [2.45, 2.75) is 19.1 Å². The first kappa shape index (κ1) is 17.3. The Labute approximate surface area is 147 Å². The third kappa shape index (κ3) is 4.52. The van der Waals surface area contributed by atoms with E-state index in [9.17, 15) is 9.90 Å². The number of hydrogen-bond donors (Lipinski definition) is 3. The van der Waals surface area contributed by atoms with Gasteiger partial charge in [0.05, 0.1) is 6.10 Å². The second-order valence-electron chi connectivity index (χ2n) is 6.16. The normalized spacial score (nSPS) is 15.3. The standard InChI is InChI=1S/C18H23N5O2/c1-19-17-8-16(21-12-22-17)18(25)20-9-15(24)11-23-7-6-13-4-2-3-5-14(13)10-23/h2-5,8,12,15,24H,6-7,9-11H2,1H3,(H,20,25)(H,19,21,22)/t15-/m0/s1. The molecular formula is C18H23N5O2. The van der Waals surface area contributed by atoms with Gasteiger partial charge in [-0.3, -0.25) is 9.69 Å². The first-order valence-electron chi connectivity index (χ1n) is 8.41. The van der Waals surface area contributed by atoms with Gasteiger partial charge >= 0.3 is 0 Å². The molecule has 1 aliphatic rings. The van der Waals surface area contributed by atoms with Crippen LogP contribution in [0, 0.1) is 0 Å². The number of nitrogens with one attached hydrogen (secondary N) is 2. The number of benzene rings is 1. The summed E-state index contributed by atoms with van der Waals surface area (Å²) in [4.78, 5) is 22.3. The predicted molar refractivity (Wildman–Crippen MR) is 95.3 cm³/mol. The number of anilines is 1. The van der Waals surface area contributed by atoms with E-state index in [1.54, 1.807) is 13.1 Å². The number of fused-ring (bicyclic) bond motifs is 1. The smallest absolute Gasteiger partial charge is 0.270 e. The highest BCUT2D eigenvalue weighted by Crippen LogP contribution is 2.18. The molecule has 1 aromatic carbocycles. The van der Waals surface area contributed by atoms with Crippen LogP contribution >= 0.6 is 0 Å². The van der Waals surface area contributed by atoms with Crippen LogP contribution in [0.25, 0.3) is 0 Å². The molecule has 7 heteroatoms. The maximum Gasteiger partial charge on any atom is 0.270 e. The van der Waals surface area contributed by atoms with Gasteiger partial charge in [-0.05, 0) is 17.5 Å². The van der Waals surface area contributed by atoms with Crippen LogP contribution < -0.4 is 10.6 Å². The summed E-state index contributed by atoms with van der Waals surface area (Å²) in [6, 6.07) is 9.96. The molecule has 3 N–H and O–H groups in total. The molecule has 25 heavy (non-hydrogen) atoms. The predicted octanol–water partition coefficient (Wildman–Crippen LogP) is 0.667. The number of aliphatic hydroxyl groups is 1. The van der Waals surface area contributed by atoms with Crippen LogP contribution in [0.5, 0.6) is 0 Å². The molecule has 2 aromatic rings. The summed E-state index contributed by atoms with van der Waals surface area (Å²) in [6.45, 7) is 2.47. The number of rotatable bonds is 6. The summed E-state index contributed by atoms with van der Waals surface area (Å²) in [5.74, 6) is 0.259. The van der Waals surface area contributed by atoms with E-state index in [2.05, 4.69) is 43.7 Å². The number of β-amino-alcohol motifs (C(OH)–C–C–N with tert-alkyl or cyclic N) is 1. The lowest BCUT2D eigenvalue weighted by atomic mass is 10.00. The van der Waals surface area contributed by atoms with Crippen LogP contribution in [-0.4, -0.2) is 58.7 Å². The van der Waals surface area contributed by atoms with Crippen molar-refractivity contribution in [2.24, 2.45) is 0 Å². The summed E-state index contributed by atoms with van der Waals surface area (Å²) < 4.78 is 0. The average molecular weight is 341 g/mol. The number of carbonyl (C=O) groups excluding carboxylic acids is 1. The molecule has 0 radical (unpaired) electrons. The molecule has 132 valence electrons. The van der Waals surface area contributed by atoms with Gasteiger partial charge in [0, 0.05) is 39.3 Å². The minimum Gasteiger partial charge on any atom is -0.390 e. The highest BCUT2D eigenvalue weighted by molar-refractivity contribution is 5.92. The monoisotopic (exact) mass is 341 g/mol. The molecule has 0 aliphatic carbocycles. The van der Waals surface area contributed by atoms with Gasteiger partial charge in [-0.1, -0.05) is 24.3 Å². The molecule has 0 unspecified atom stereocenters. The molecule has 1 aromatic heterocycles. The van der Waals surface area contributed by atoms with Crippen LogP contribution in [0.4, 0.5) is 5.82 Å². The first-order chi connectivity index (χ1) is 12.2. The molecule has 1 aliphatic heterocycles. The van der Waals surface area contributed by atoms with Gasteiger partial charge in [0.15, 0.2) is 0 Å². The minimum absolute atomic E-state index is 0.190. The molecule has 0 saturated carbocycles. The third-order valence-electron chi connectivity index (χ3n) is 4.33. The zero-order valence-electron chi connectivity index (χ0n) is 14.3. The van der Waals surface area contributed by atoms with E-state index in [-0.39, 0.29) is 18.1 Å². The SMILES string of the molecule is CNc1cc(C(=O)NC[C@H](O)CN2CCc3ccccc3C2)ncn1. The highest BCUT2D eigenvalue weighted by Gasteiger charge is 2.19.